The van der Waals surface area contributed by atoms with Gasteiger partial charge in [-0.25, -0.2) is 0 Å². The molecule has 3 heteroatoms. The summed E-state index contributed by atoms with van der Waals surface area (Å²) in [5.41, 5.74) is -1.03. The van der Waals surface area contributed by atoms with Crippen molar-refractivity contribution in [3.05, 3.63) is 0 Å². The second-order valence-electron chi connectivity index (χ2n) is 6.21. The van der Waals surface area contributed by atoms with Gasteiger partial charge < -0.3 is 10.2 Å². The number of fused-ring (bicyclic) bond motifs is 1. The topological polar surface area (TPSA) is 40.5 Å². The largest absolute Gasteiger partial charge is 0.393 e. The molecule has 0 aliphatic heterocycles. The molecule has 6 atom stereocenters. The van der Waals surface area contributed by atoms with Crippen molar-refractivity contribution in [3.63, 3.8) is 0 Å². The van der Waals surface area contributed by atoms with Gasteiger partial charge in [0.1, 0.15) is 0 Å². The lowest BCUT2D eigenvalue weighted by molar-refractivity contribution is -0.188. The molecule has 0 heterocycles. The number of alkyl halides is 1. The molecule has 0 bridgehead atoms. The molecule has 2 N–H and O–H groups in total. The SMILES string of the molecule is CC1C[C@@H](Cl)[C@@]2(O)C[C@@H](O)CC[C@]2(C)C1C. The fourth-order valence-electron chi connectivity index (χ4n) is 3.84. The first-order chi connectivity index (χ1) is 7.31. The molecular formula is C13H23ClO2. The van der Waals surface area contributed by atoms with E-state index in [1.54, 1.807) is 0 Å². The first-order valence-corrected chi connectivity index (χ1v) is 6.79. The minimum absolute atomic E-state index is 0.143. The van der Waals surface area contributed by atoms with E-state index in [0.717, 1.165) is 19.3 Å². The molecule has 0 spiro atoms. The molecule has 2 fully saturated rings. The van der Waals surface area contributed by atoms with Crippen molar-refractivity contribution in [2.45, 2.75) is 63.5 Å². The van der Waals surface area contributed by atoms with E-state index in [4.69, 9.17) is 11.6 Å². The summed E-state index contributed by atoms with van der Waals surface area (Å²) in [6.07, 6.45) is 2.56. The van der Waals surface area contributed by atoms with Crippen LogP contribution in [0.4, 0.5) is 0 Å². The van der Waals surface area contributed by atoms with Crippen LogP contribution in [-0.2, 0) is 0 Å². The van der Waals surface area contributed by atoms with Gasteiger partial charge in [-0.05, 0) is 31.1 Å². The van der Waals surface area contributed by atoms with Gasteiger partial charge in [-0.15, -0.1) is 11.6 Å². The minimum Gasteiger partial charge on any atom is -0.393 e. The number of halogens is 1. The second-order valence-corrected chi connectivity index (χ2v) is 6.73. The molecule has 94 valence electrons. The molecule has 2 rings (SSSR count). The van der Waals surface area contributed by atoms with Crippen LogP contribution in [0, 0.1) is 17.3 Å². The maximum absolute atomic E-state index is 10.9. The van der Waals surface area contributed by atoms with E-state index in [1.807, 2.05) is 0 Å². The summed E-state index contributed by atoms with van der Waals surface area (Å²) in [5.74, 6) is 1.00. The zero-order chi connectivity index (χ0) is 12.1. The van der Waals surface area contributed by atoms with Gasteiger partial charge in [-0.3, -0.25) is 0 Å². The highest BCUT2D eigenvalue weighted by atomic mass is 35.5. The fraction of sp³-hybridized carbons (Fsp3) is 1.00. The molecule has 0 aromatic carbocycles. The van der Waals surface area contributed by atoms with E-state index in [0.29, 0.717) is 18.3 Å². The highest BCUT2D eigenvalue weighted by Crippen LogP contribution is 2.58. The van der Waals surface area contributed by atoms with Crippen molar-refractivity contribution in [2.24, 2.45) is 17.3 Å². The van der Waals surface area contributed by atoms with Gasteiger partial charge in [-0.1, -0.05) is 20.8 Å². The lowest BCUT2D eigenvalue weighted by Gasteiger charge is -2.60. The van der Waals surface area contributed by atoms with E-state index in [-0.39, 0.29) is 16.9 Å². The summed E-state index contributed by atoms with van der Waals surface area (Å²) in [5, 5.41) is 20.4. The van der Waals surface area contributed by atoms with Gasteiger partial charge in [0.2, 0.25) is 0 Å². The maximum Gasteiger partial charge on any atom is 0.0891 e. The van der Waals surface area contributed by atoms with Crippen molar-refractivity contribution in [1.29, 1.82) is 0 Å². The lowest BCUT2D eigenvalue weighted by Crippen LogP contribution is -2.64. The molecular weight excluding hydrogens is 224 g/mol. The Balaban J connectivity index is 2.37. The number of aliphatic hydroxyl groups is 2. The first kappa shape index (κ1) is 12.7. The Hall–Kier alpha value is 0.210. The van der Waals surface area contributed by atoms with Crippen LogP contribution in [0.15, 0.2) is 0 Å². The average molecular weight is 247 g/mol. The Bertz CT molecular complexity index is 281. The highest BCUT2D eigenvalue weighted by Gasteiger charge is 2.60. The molecule has 2 saturated carbocycles. The molecule has 2 unspecified atom stereocenters. The van der Waals surface area contributed by atoms with Crippen molar-refractivity contribution in [1.82, 2.24) is 0 Å². The minimum atomic E-state index is -0.891. The van der Waals surface area contributed by atoms with E-state index in [2.05, 4.69) is 20.8 Å². The second kappa shape index (κ2) is 3.86. The summed E-state index contributed by atoms with van der Waals surface area (Å²) in [6.45, 7) is 6.58. The van der Waals surface area contributed by atoms with E-state index in [1.165, 1.54) is 0 Å². The van der Waals surface area contributed by atoms with Crippen LogP contribution < -0.4 is 0 Å². The monoisotopic (exact) mass is 246 g/mol. The van der Waals surface area contributed by atoms with Gasteiger partial charge in [0.05, 0.1) is 17.1 Å². The molecule has 0 aromatic heterocycles. The quantitative estimate of drug-likeness (QED) is 0.645. The number of hydrogen-bond donors (Lipinski definition) is 2. The van der Waals surface area contributed by atoms with Crippen molar-refractivity contribution >= 4 is 11.6 Å². The summed E-state index contributed by atoms with van der Waals surface area (Å²) < 4.78 is 0. The summed E-state index contributed by atoms with van der Waals surface area (Å²) in [7, 11) is 0. The van der Waals surface area contributed by atoms with Gasteiger partial charge in [0.25, 0.3) is 0 Å². The zero-order valence-electron chi connectivity index (χ0n) is 10.4. The highest BCUT2D eigenvalue weighted by molar-refractivity contribution is 6.21. The van der Waals surface area contributed by atoms with Gasteiger partial charge in [0.15, 0.2) is 0 Å². The number of rotatable bonds is 0. The Morgan fingerprint density at radius 2 is 1.94 bits per heavy atom. The Morgan fingerprint density at radius 3 is 2.56 bits per heavy atom. The van der Waals surface area contributed by atoms with Crippen LogP contribution in [0.25, 0.3) is 0 Å². The summed E-state index contributed by atoms with van der Waals surface area (Å²) in [4.78, 5) is 0. The zero-order valence-corrected chi connectivity index (χ0v) is 11.2. The van der Waals surface area contributed by atoms with Crippen LogP contribution in [0.5, 0.6) is 0 Å². The molecule has 16 heavy (non-hydrogen) atoms. The van der Waals surface area contributed by atoms with Crippen LogP contribution in [0.3, 0.4) is 0 Å². The maximum atomic E-state index is 10.9. The van der Waals surface area contributed by atoms with Gasteiger partial charge >= 0.3 is 0 Å². The van der Waals surface area contributed by atoms with Crippen LogP contribution in [0.2, 0.25) is 0 Å². The van der Waals surface area contributed by atoms with Crippen LogP contribution in [0.1, 0.15) is 46.5 Å². The third kappa shape index (κ3) is 1.53. The third-order valence-corrected chi connectivity index (χ3v) is 6.03. The van der Waals surface area contributed by atoms with E-state index >= 15 is 0 Å². The molecule has 0 amide bonds. The Kier molecular flexibility index (Phi) is 3.05. The van der Waals surface area contributed by atoms with Gasteiger partial charge in [-0.2, -0.15) is 0 Å². The standard InChI is InChI=1S/C13H23ClO2/c1-8-6-11(14)13(16)7-10(15)4-5-12(13,3)9(8)2/h8-11,15-16H,4-7H2,1-3H3/t8?,9?,10-,11+,12+,13-/m0/s1. The lowest BCUT2D eigenvalue weighted by atomic mass is 9.50. The number of aliphatic hydroxyl groups excluding tert-OH is 1. The first-order valence-electron chi connectivity index (χ1n) is 6.36. The van der Waals surface area contributed by atoms with E-state index < -0.39 is 5.60 Å². The predicted octanol–water partition coefficient (Wildman–Crippen LogP) is 2.55. The van der Waals surface area contributed by atoms with Crippen LogP contribution in [-0.4, -0.2) is 27.3 Å². The summed E-state index contributed by atoms with van der Waals surface area (Å²) >= 11 is 6.39. The molecule has 0 radical (unpaired) electrons. The predicted molar refractivity (Wildman–Crippen MR) is 65.5 cm³/mol. The van der Waals surface area contributed by atoms with Crippen molar-refractivity contribution in [2.75, 3.05) is 0 Å². The van der Waals surface area contributed by atoms with Crippen molar-refractivity contribution < 1.29 is 10.2 Å². The third-order valence-electron chi connectivity index (χ3n) is 5.49. The summed E-state index contributed by atoms with van der Waals surface area (Å²) in [6, 6.07) is 0. The molecule has 0 saturated heterocycles. The van der Waals surface area contributed by atoms with Crippen molar-refractivity contribution in [3.8, 4) is 0 Å². The number of hydrogen-bond acceptors (Lipinski definition) is 2. The molecule has 2 aliphatic carbocycles. The molecule has 0 aromatic rings. The van der Waals surface area contributed by atoms with E-state index in [9.17, 15) is 10.2 Å². The van der Waals surface area contributed by atoms with Crippen LogP contribution >= 0.6 is 11.6 Å². The normalized spacial score (nSPS) is 58.1. The molecule has 2 nitrogen and oxygen atoms in total. The average Bonchev–Trinajstić information content (AvgIpc) is 2.21. The Morgan fingerprint density at radius 1 is 1.31 bits per heavy atom. The Labute approximate surface area is 103 Å². The molecule has 2 aliphatic rings. The fourth-order valence-corrected chi connectivity index (χ4v) is 4.46. The van der Waals surface area contributed by atoms with Gasteiger partial charge in [0, 0.05) is 11.8 Å². The smallest absolute Gasteiger partial charge is 0.0891 e.